The summed E-state index contributed by atoms with van der Waals surface area (Å²) in [6, 6.07) is 21.7. The SMILES string of the molecule is CSc1sc(C(=N)N)cc1N(S(=O)(=O)c1cccc(C)c1)S(=O)(=O)c1cccc(C)c1.CSc1sc(C(=N)N)cc1NS(=O)(=O)c1ccc(C)cc1. The van der Waals surface area contributed by atoms with E-state index in [1.807, 2.05) is 13.2 Å². The highest BCUT2D eigenvalue weighted by Crippen LogP contribution is 2.42. The summed E-state index contributed by atoms with van der Waals surface area (Å²) in [5, 5.41) is 15.2. The largest absolute Gasteiger partial charge is 0.383 e. The highest BCUT2D eigenvalue weighted by atomic mass is 32.3. The van der Waals surface area contributed by atoms with Crippen LogP contribution in [0.2, 0.25) is 0 Å². The van der Waals surface area contributed by atoms with Crippen LogP contribution in [0.25, 0.3) is 0 Å². The number of benzene rings is 3. The van der Waals surface area contributed by atoms with Crippen molar-refractivity contribution < 1.29 is 25.3 Å². The van der Waals surface area contributed by atoms with Crippen molar-refractivity contribution >= 4 is 99.3 Å². The van der Waals surface area contributed by atoms with E-state index in [1.54, 1.807) is 74.7 Å². The van der Waals surface area contributed by atoms with E-state index >= 15 is 0 Å². The van der Waals surface area contributed by atoms with Crippen LogP contribution in [0.15, 0.2) is 108 Å². The van der Waals surface area contributed by atoms with Gasteiger partial charge in [-0.05, 0) is 92.9 Å². The summed E-state index contributed by atoms with van der Waals surface area (Å²) in [5.41, 5.74) is 13.8. The third-order valence-corrected chi connectivity index (χ3v) is 17.2. The number of hydrogen-bond donors (Lipinski definition) is 5. The lowest BCUT2D eigenvalue weighted by Gasteiger charge is -2.24. The molecule has 2 aromatic heterocycles. The molecule has 5 aromatic rings. The molecule has 0 fully saturated rings. The molecule has 0 atom stereocenters. The average Bonchev–Trinajstić information content (AvgIpc) is 3.69. The molecule has 0 saturated carbocycles. The van der Waals surface area contributed by atoms with Crippen molar-refractivity contribution in [1.82, 2.24) is 0 Å². The van der Waals surface area contributed by atoms with Gasteiger partial charge in [0.1, 0.15) is 11.7 Å². The van der Waals surface area contributed by atoms with Gasteiger partial charge in [0.05, 0.1) is 44.2 Å². The van der Waals surface area contributed by atoms with Gasteiger partial charge in [0.25, 0.3) is 30.1 Å². The minimum atomic E-state index is -4.51. The fraction of sp³-hybridized carbons (Fsp3) is 0.152. The van der Waals surface area contributed by atoms with Crippen molar-refractivity contribution in [3.8, 4) is 0 Å². The summed E-state index contributed by atoms with van der Waals surface area (Å²) in [7, 11) is -12.7. The number of anilines is 2. The molecule has 0 spiro atoms. The van der Waals surface area contributed by atoms with Gasteiger partial charge in [-0.15, -0.1) is 46.2 Å². The molecule has 52 heavy (non-hydrogen) atoms. The normalized spacial score (nSPS) is 11.7. The fourth-order valence-electron chi connectivity index (χ4n) is 4.55. The zero-order valence-corrected chi connectivity index (χ0v) is 34.2. The lowest BCUT2D eigenvalue weighted by molar-refractivity contribution is 0.583. The van der Waals surface area contributed by atoms with Crippen LogP contribution >= 0.6 is 46.2 Å². The highest BCUT2D eigenvalue weighted by Gasteiger charge is 2.39. The number of amidine groups is 2. The molecule has 0 aliphatic rings. The quantitative estimate of drug-likeness (QED) is 0.0502. The van der Waals surface area contributed by atoms with E-state index in [-0.39, 0.29) is 36.9 Å². The van der Waals surface area contributed by atoms with Gasteiger partial charge < -0.3 is 11.5 Å². The first-order chi connectivity index (χ1) is 24.3. The molecule has 7 N–H and O–H groups in total. The van der Waals surface area contributed by atoms with E-state index in [1.165, 1.54) is 65.2 Å². The maximum absolute atomic E-state index is 13.7. The predicted molar refractivity (Wildman–Crippen MR) is 215 cm³/mol. The number of aryl methyl sites for hydroxylation is 3. The van der Waals surface area contributed by atoms with Crippen molar-refractivity contribution in [3.05, 3.63) is 111 Å². The van der Waals surface area contributed by atoms with Gasteiger partial charge >= 0.3 is 0 Å². The van der Waals surface area contributed by atoms with Gasteiger partial charge in [0.2, 0.25) is 0 Å². The molecular formula is C33H36N6O6S7. The van der Waals surface area contributed by atoms with Crippen molar-refractivity contribution in [1.29, 1.82) is 10.8 Å². The Balaban J connectivity index is 0.000000251. The van der Waals surface area contributed by atoms with Gasteiger partial charge in [0.15, 0.2) is 0 Å². The number of nitrogens with two attached hydrogens (primary N) is 2. The topological polar surface area (TPSA) is 217 Å². The standard InChI is InChI=1S/C20H21N3O4S4.C13H15N3O2S3/c1-13-6-4-8-15(10-13)30(24,25)23(17-12-18(19(21)22)29-20(17)28-3)31(26,27)16-9-5-7-14(2)11-16;1-8-3-5-9(6-4-8)21(17,18)16-10-7-11(12(14)15)20-13(10)19-2/h4-12H,1-3H3,(H3,21,22);3-7,16H,1-2H3,(H3,14,15). The molecule has 0 amide bonds. The minimum Gasteiger partial charge on any atom is -0.383 e. The van der Waals surface area contributed by atoms with Crippen molar-refractivity contribution in [2.75, 3.05) is 20.9 Å². The Kier molecular flexibility index (Phi) is 12.9. The number of rotatable bonds is 12. The fourth-order valence-corrected chi connectivity index (χ4v) is 13.2. The summed E-state index contributed by atoms with van der Waals surface area (Å²) in [6.07, 6.45) is 3.55. The Bertz CT molecular complexity index is 2380. The highest BCUT2D eigenvalue weighted by molar-refractivity contribution is 8.10. The van der Waals surface area contributed by atoms with Gasteiger partial charge in [-0.2, -0.15) is 3.71 Å². The molecule has 0 radical (unpaired) electrons. The maximum Gasteiger partial charge on any atom is 0.277 e. The summed E-state index contributed by atoms with van der Waals surface area (Å²) < 4.78 is 83.7. The first-order valence-corrected chi connectivity index (χ1v) is 23.3. The van der Waals surface area contributed by atoms with E-state index in [2.05, 4.69) is 4.72 Å². The van der Waals surface area contributed by atoms with Gasteiger partial charge in [-0.3, -0.25) is 15.5 Å². The zero-order chi connectivity index (χ0) is 38.6. The average molecular weight is 837 g/mol. The van der Waals surface area contributed by atoms with Crippen LogP contribution in [-0.2, 0) is 30.1 Å². The number of thiophene rings is 2. The van der Waals surface area contributed by atoms with Crippen LogP contribution in [-0.4, -0.2) is 49.4 Å². The lowest BCUT2D eigenvalue weighted by atomic mass is 10.2. The van der Waals surface area contributed by atoms with E-state index in [0.29, 0.717) is 29.6 Å². The lowest BCUT2D eigenvalue weighted by Crippen LogP contribution is -2.37. The first kappa shape index (κ1) is 40.9. The Morgan fingerprint density at radius 2 is 1.10 bits per heavy atom. The monoisotopic (exact) mass is 836 g/mol. The third kappa shape index (κ3) is 9.20. The van der Waals surface area contributed by atoms with Crippen LogP contribution in [0.1, 0.15) is 26.4 Å². The van der Waals surface area contributed by atoms with Crippen molar-refractivity contribution in [2.45, 2.75) is 43.9 Å². The third-order valence-electron chi connectivity index (χ3n) is 7.06. The van der Waals surface area contributed by atoms with Crippen molar-refractivity contribution in [3.63, 3.8) is 0 Å². The second kappa shape index (κ2) is 16.4. The van der Waals surface area contributed by atoms with Crippen LogP contribution in [0.5, 0.6) is 0 Å². The van der Waals surface area contributed by atoms with E-state index in [0.717, 1.165) is 21.1 Å². The van der Waals surface area contributed by atoms with Gasteiger partial charge in [0, 0.05) is 0 Å². The molecule has 0 bridgehead atoms. The Hall–Kier alpha value is -3.85. The second-order valence-electron chi connectivity index (χ2n) is 11.1. The number of nitrogens with one attached hydrogen (secondary N) is 3. The summed E-state index contributed by atoms with van der Waals surface area (Å²) in [4.78, 5) is 0.734. The Morgan fingerprint density at radius 1 is 0.635 bits per heavy atom. The van der Waals surface area contributed by atoms with Crippen LogP contribution in [0.3, 0.4) is 0 Å². The minimum absolute atomic E-state index is 0.0503. The van der Waals surface area contributed by atoms with E-state index in [9.17, 15) is 25.3 Å². The molecule has 2 heterocycles. The first-order valence-electron chi connectivity index (χ1n) is 14.9. The van der Waals surface area contributed by atoms with Gasteiger partial charge in [-0.25, -0.2) is 25.3 Å². The van der Waals surface area contributed by atoms with E-state index < -0.39 is 30.1 Å². The molecule has 0 unspecified atom stereocenters. The molecule has 0 aliphatic heterocycles. The van der Waals surface area contributed by atoms with Crippen LogP contribution < -0.4 is 19.9 Å². The van der Waals surface area contributed by atoms with E-state index in [4.69, 9.17) is 22.3 Å². The molecule has 5 rings (SSSR count). The molecule has 0 aliphatic carbocycles. The number of thioether (sulfide) groups is 2. The molecular weight excluding hydrogens is 801 g/mol. The number of nitrogen functional groups attached to an aromatic ring is 2. The number of nitrogens with zero attached hydrogens (tertiary/aromatic N) is 1. The Morgan fingerprint density at radius 3 is 1.54 bits per heavy atom. The smallest absolute Gasteiger partial charge is 0.277 e. The summed E-state index contributed by atoms with van der Waals surface area (Å²) in [5.74, 6) is -0.344. The molecule has 0 saturated heterocycles. The molecule has 12 nitrogen and oxygen atoms in total. The maximum atomic E-state index is 13.7. The molecule has 3 aromatic carbocycles. The van der Waals surface area contributed by atoms with Crippen LogP contribution in [0.4, 0.5) is 11.4 Å². The number of hydrogen-bond acceptors (Lipinski definition) is 12. The zero-order valence-electron chi connectivity index (χ0n) is 28.5. The van der Waals surface area contributed by atoms with Crippen LogP contribution in [0, 0.1) is 31.6 Å². The summed E-state index contributed by atoms with van der Waals surface area (Å²) >= 11 is 4.96. The summed E-state index contributed by atoms with van der Waals surface area (Å²) in [6.45, 7) is 5.35. The second-order valence-corrected chi connectivity index (χ2v) is 20.8. The van der Waals surface area contributed by atoms with Gasteiger partial charge in [-0.1, -0.05) is 42.0 Å². The number of sulfonamides is 3. The van der Waals surface area contributed by atoms with Crippen molar-refractivity contribution in [2.24, 2.45) is 11.5 Å². The predicted octanol–water partition coefficient (Wildman–Crippen LogP) is 6.82. The molecule has 19 heteroatoms. The Labute approximate surface area is 320 Å². The molecule has 276 valence electrons.